The Kier molecular flexibility index (Phi) is 3.49. The van der Waals surface area contributed by atoms with Crippen LogP contribution in [0.1, 0.15) is 10.7 Å². The van der Waals surface area contributed by atoms with Crippen LogP contribution in [0.15, 0.2) is 33.5 Å². The molecule has 0 atom stereocenters. The molecule has 0 aliphatic rings. The van der Waals surface area contributed by atoms with Crippen LogP contribution in [0.5, 0.6) is 0 Å². The zero-order valence-corrected chi connectivity index (χ0v) is 12.9. The number of fused-ring (bicyclic) bond motifs is 1. The lowest BCUT2D eigenvalue weighted by Crippen LogP contribution is -2.19. The molecule has 0 fully saturated rings. The summed E-state index contributed by atoms with van der Waals surface area (Å²) < 4.78 is 2.33. The molecule has 102 valence electrons. The molecule has 1 N–H and O–H groups in total. The molecule has 0 amide bonds. The van der Waals surface area contributed by atoms with Gasteiger partial charge < -0.3 is 5.32 Å². The van der Waals surface area contributed by atoms with E-state index in [1.807, 2.05) is 24.3 Å². The van der Waals surface area contributed by atoms with E-state index in [2.05, 4.69) is 36.5 Å². The van der Waals surface area contributed by atoms with E-state index in [4.69, 9.17) is 0 Å². The van der Waals surface area contributed by atoms with Gasteiger partial charge >= 0.3 is 0 Å². The van der Waals surface area contributed by atoms with Crippen LogP contribution < -0.4 is 10.9 Å². The van der Waals surface area contributed by atoms with Crippen molar-refractivity contribution in [3.63, 3.8) is 0 Å². The van der Waals surface area contributed by atoms with Crippen molar-refractivity contribution in [2.45, 2.75) is 13.5 Å². The van der Waals surface area contributed by atoms with Gasteiger partial charge in [-0.2, -0.15) is 9.61 Å². The summed E-state index contributed by atoms with van der Waals surface area (Å²) in [6, 6.07) is 7.85. The van der Waals surface area contributed by atoms with Crippen molar-refractivity contribution in [1.82, 2.24) is 19.8 Å². The standard InChI is InChI=1S/C12H10BrN5OS/c1-7-11(19)18-12(16-15-7)20-10(17-18)6-14-9-4-2-8(13)3-5-9/h2-5,14H,6H2,1H3. The summed E-state index contributed by atoms with van der Waals surface area (Å²) in [4.78, 5) is 12.3. The molecule has 3 rings (SSSR count). The molecular weight excluding hydrogens is 342 g/mol. The lowest BCUT2D eigenvalue weighted by Gasteiger charge is -2.03. The first-order valence-electron chi connectivity index (χ1n) is 5.85. The third kappa shape index (κ3) is 2.56. The molecule has 0 saturated heterocycles. The van der Waals surface area contributed by atoms with Crippen LogP contribution in [0.4, 0.5) is 5.69 Å². The van der Waals surface area contributed by atoms with Crippen molar-refractivity contribution in [1.29, 1.82) is 0 Å². The first-order chi connectivity index (χ1) is 9.63. The Labute approximate surface area is 126 Å². The molecule has 2 heterocycles. The summed E-state index contributed by atoms with van der Waals surface area (Å²) in [6.07, 6.45) is 0. The van der Waals surface area contributed by atoms with Gasteiger partial charge in [0.2, 0.25) is 4.96 Å². The Morgan fingerprint density at radius 2 is 2.05 bits per heavy atom. The number of anilines is 1. The van der Waals surface area contributed by atoms with Crippen LogP contribution in [0.2, 0.25) is 0 Å². The van der Waals surface area contributed by atoms with Crippen LogP contribution in [-0.4, -0.2) is 19.8 Å². The third-order valence-electron chi connectivity index (χ3n) is 2.68. The van der Waals surface area contributed by atoms with E-state index in [0.29, 0.717) is 17.2 Å². The molecule has 2 aromatic heterocycles. The highest BCUT2D eigenvalue weighted by atomic mass is 79.9. The van der Waals surface area contributed by atoms with E-state index in [-0.39, 0.29) is 5.56 Å². The normalized spacial score (nSPS) is 10.9. The van der Waals surface area contributed by atoms with E-state index >= 15 is 0 Å². The molecule has 20 heavy (non-hydrogen) atoms. The average Bonchev–Trinajstić information content (AvgIpc) is 2.86. The van der Waals surface area contributed by atoms with Crippen molar-refractivity contribution in [3.05, 3.63) is 49.8 Å². The van der Waals surface area contributed by atoms with Crippen LogP contribution in [0.25, 0.3) is 4.96 Å². The second kappa shape index (κ2) is 5.29. The topological polar surface area (TPSA) is 72.2 Å². The summed E-state index contributed by atoms with van der Waals surface area (Å²) >= 11 is 4.74. The molecule has 0 radical (unpaired) electrons. The zero-order valence-electron chi connectivity index (χ0n) is 10.5. The molecule has 0 bridgehead atoms. The molecule has 0 spiro atoms. The summed E-state index contributed by atoms with van der Waals surface area (Å²) in [5.74, 6) is 0. The Balaban J connectivity index is 1.83. The van der Waals surface area contributed by atoms with Crippen molar-refractivity contribution >= 4 is 37.9 Å². The number of halogens is 1. The Morgan fingerprint density at radius 3 is 2.80 bits per heavy atom. The number of hydrogen-bond acceptors (Lipinski definition) is 6. The maximum absolute atomic E-state index is 11.8. The zero-order chi connectivity index (χ0) is 14.1. The predicted octanol–water partition coefficient (Wildman–Crippen LogP) is 2.23. The van der Waals surface area contributed by atoms with Crippen LogP contribution in [-0.2, 0) is 6.54 Å². The van der Waals surface area contributed by atoms with E-state index in [9.17, 15) is 4.79 Å². The lowest BCUT2D eigenvalue weighted by atomic mass is 10.3. The molecule has 8 heteroatoms. The number of nitrogens with zero attached hydrogens (tertiary/aromatic N) is 4. The van der Waals surface area contributed by atoms with Crippen LogP contribution >= 0.6 is 27.3 Å². The molecule has 1 aromatic carbocycles. The van der Waals surface area contributed by atoms with Gasteiger partial charge in [0.25, 0.3) is 5.56 Å². The van der Waals surface area contributed by atoms with Gasteiger partial charge in [0.15, 0.2) is 0 Å². The monoisotopic (exact) mass is 351 g/mol. The summed E-state index contributed by atoms with van der Waals surface area (Å²) in [6.45, 7) is 2.16. The van der Waals surface area contributed by atoms with Crippen molar-refractivity contribution in [2.24, 2.45) is 0 Å². The van der Waals surface area contributed by atoms with Gasteiger partial charge in [0, 0.05) is 10.2 Å². The molecule has 6 nitrogen and oxygen atoms in total. The lowest BCUT2D eigenvalue weighted by molar-refractivity contribution is 0.808. The van der Waals surface area contributed by atoms with Crippen molar-refractivity contribution < 1.29 is 0 Å². The molecule has 3 aromatic rings. The van der Waals surface area contributed by atoms with Gasteiger partial charge in [-0.15, -0.1) is 10.2 Å². The number of aromatic nitrogens is 4. The van der Waals surface area contributed by atoms with Crippen molar-refractivity contribution in [3.8, 4) is 0 Å². The minimum absolute atomic E-state index is 0.221. The molecule has 0 unspecified atom stereocenters. The van der Waals surface area contributed by atoms with Crippen LogP contribution in [0, 0.1) is 6.92 Å². The number of rotatable bonds is 3. The van der Waals surface area contributed by atoms with Gasteiger partial charge in [0.05, 0.1) is 6.54 Å². The number of nitrogens with one attached hydrogen (secondary N) is 1. The van der Waals surface area contributed by atoms with E-state index in [0.717, 1.165) is 15.2 Å². The Hall–Kier alpha value is -1.80. The van der Waals surface area contributed by atoms with Gasteiger partial charge in [-0.25, -0.2) is 0 Å². The van der Waals surface area contributed by atoms with Crippen LogP contribution in [0.3, 0.4) is 0 Å². The van der Waals surface area contributed by atoms with E-state index in [1.165, 1.54) is 15.9 Å². The SMILES string of the molecule is Cc1nnc2sc(CNc3ccc(Br)cc3)nn2c1=O. The average molecular weight is 352 g/mol. The second-order valence-electron chi connectivity index (χ2n) is 4.14. The fraction of sp³-hybridized carbons (Fsp3) is 0.167. The largest absolute Gasteiger partial charge is 0.378 e. The molecular formula is C12H10BrN5OS. The van der Waals surface area contributed by atoms with Gasteiger partial charge in [-0.05, 0) is 31.2 Å². The molecule has 0 aliphatic heterocycles. The maximum Gasteiger partial charge on any atom is 0.296 e. The fourth-order valence-electron chi connectivity index (χ4n) is 1.65. The minimum Gasteiger partial charge on any atom is -0.378 e. The second-order valence-corrected chi connectivity index (χ2v) is 6.10. The fourth-order valence-corrected chi connectivity index (χ4v) is 2.68. The Morgan fingerprint density at radius 1 is 1.30 bits per heavy atom. The maximum atomic E-state index is 11.8. The highest BCUT2D eigenvalue weighted by molar-refractivity contribution is 9.10. The summed E-state index contributed by atoms with van der Waals surface area (Å²) in [5, 5.41) is 16.1. The first-order valence-corrected chi connectivity index (χ1v) is 7.46. The number of aryl methyl sites for hydroxylation is 1. The molecule has 0 saturated carbocycles. The number of benzene rings is 1. The highest BCUT2D eigenvalue weighted by Crippen LogP contribution is 2.16. The number of hydrogen-bond donors (Lipinski definition) is 1. The third-order valence-corrected chi connectivity index (χ3v) is 4.10. The Bertz CT molecular complexity index is 811. The quantitative estimate of drug-likeness (QED) is 0.783. The van der Waals surface area contributed by atoms with Gasteiger partial charge in [0.1, 0.15) is 10.7 Å². The highest BCUT2D eigenvalue weighted by Gasteiger charge is 2.09. The smallest absolute Gasteiger partial charge is 0.296 e. The minimum atomic E-state index is -0.221. The summed E-state index contributed by atoms with van der Waals surface area (Å²) in [5.41, 5.74) is 1.11. The van der Waals surface area contributed by atoms with Crippen molar-refractivity contribution in [2.75, 3.05) is 5.32 Å². The van der Waals surface area contributed by atoms with E-state index in [1.54, 1.807) is 6.92 Å². The van der Waals surface area contributed by atoms with Gasteiger partial charge in [-0.3, -0.25) is 4.79 Å². The summed E-state index contributed by atoms with van der Waals surface area (Å²) in [7, 11) is 0. The predicted molar refractivity (Wildman–Crippen MR) is 81.1 cm³/mol. The van der Waals surface area contributed by atoms with Gasteiger partial charge in [-0.1, -0.05) is 27.3 Å². The van der Waals surface area contributed by atoms with E-state index < -0.39 is 0 Å². The first kappa shape index (κ1) is 13.2. The molecule has 0 aliphatic carbocycles.